The Labute approximate surface area is 141 Å². The predicted molar refractivity (Wildman–Crippen MR) is 87.0 cm³/mol. The number of hydrogen-bond acceptors (Lipinski definition) is 5. The molecule has 24 heavy (non-hydrogen) atoms. The van der Waals surface area contributed by atoms with Gasteiger partial charge in [-0.25, -0.2) is 0 Å². The second-order valence-electron chi connectivity index (χ2n) is 5.10. The van der Waals surface area contributed by atoms with Crippen molar-refractivity contribution in [3.05, 3.63) is 69.1 Å². The number of nitrogens with one attached hydrogen (secondary N) is 1. The van der Waals surface area contributed by atoms with Crippen LogP contribution in [0.3, 0.4) is 0 Å². The van der Waals surface area contributed by atoms with E-state index in [4.69, 9.17) is 11.6 Å². The normalized spacial score (nSPS) is 12.1. The minimum Gasteiger partial charge on any atom is -0.342 e. The number of rotatable bonds is 4. The molecular weight excluding hydrogens is 334 g/mol. The largest absolute Gasteiger partial charge is 0.342 e. The Morgan fingerprint density at radius 1 is 1.33 bits per heavy atom. The molecule has 2 heterocycles. The van der Waals surface area contributed by atoms with E-state index in [1.165, 1.54) is 12.1 Å². The number of nitro benzene ring substituents is 1. The van der Waals surface area contributed by atoms with Crippen LogP contribution in [0.1, 0.15) is 29.1 Å². The van der Waals surface area contributed by atoms with Crippen LogP contribution in [0, 0.1) is 10.1 Å². The topological polar surface area (TPSA) is 102 Å². The number of carbonyl (C=O) groups is 1. The average Bonchev–Trinajstić information content (AvgIpc) is 2.98. The van der Waals surface area contributed by atoms with Crippen molar-refractivity contribution in [2.45, 2.75) is 13.0 Å². The Kier molecular flexibility index (Phi) is 4.13. The third kappa shape index (κ3) is 2.91. The molecule has 1 atom stereocenters. The van der Waals surface area contributed by atoms with Crippen molar-refractivity contribution in [2.75, 3.05) is 0 Å². The predicted octanol–water partition coefficient (Wildman–Crippen LogP) is 2.78. The number of benzene rings is 1. The second-order valence-corrected chi connectivity index (χ2v) is 5.51. The summed E-state index contributed by atoms with van der Waals surface area (Å²) in [7, 11) is 0. The van der Waals surface area contributed by atoms with Crippen molar-refractivity contribution in [1.82, 2.24) is 19.9 Å². The van der Waals surface area contributed by atoms with Crippen LogP contribution >= 0.6 is 11.6 Å². The molecule has 1 unspecified atom stereocenters. The van der Waals surface area contributed by atoms with Crippen LogP contribution in [0.5, 0.6) is 0 Å². The highest BCUT2D eigenvalue weighted by molar-refractivity contribution is 6.34. The van der Waals surface area contributed by atoms with Gasteiger partial charge in [0.25, 0.3) is 11.6 Å². The summed E-state index contributed by atoms with van der Waals surface area (Å²) in [6, 6.07) is 8.75. The van der Waals surface area contributed by atoms with Crippen LogP contribution in [-0.2, 0) is 0 Å². The van der Waals surface area contributed by atoms with Gasteiger partial charge in [-0.05, 0) is 25.1 Å². The van der Waals surface area contributed by atoms with Crippen LogP contribution < -0.4 is 5.32 Å². The fraction of sp³-hybridized carbons (Fsp3) is 0.133. The number of aromatic nitrogens is 3. The van der Waals surface area contributed by atoms with Gasteiger partial charge in [0.2, 0.25) is 0 Å². The van der Waals surface area contributed by atoms with Gasteiger partial charge in [-0.2, -0.15) is 0 Å². The third-order valence-corrected chi connectivity index (χ3v) is 3.80. The number of carbonyl (C=O) groups excluding carboxylic acids is 1. The summed E-state index contributed by atoms with van der Waals surface area (Å²) in [6.07, 6.45) is 1.80. The van der Waals surface area contributed by atoms with E-state index in [1.54, 1.807) is 23.6 Å². The first-order chi connectivity index (χ1) is 11.5. The van der Waals surface area contributed by atoms with Gasteiger partial charge < -0.3 is 5.32 Å². The van der Waals surface area contributed by atoms with E-state index in [1.807, 2.05) is 12.1 Å². The van der Waals surface area contributed by atoms with Crippen LogP contribution in [-0.4, -0.2) is 25.4 Å². The second kappa shape index (κ2) is 6.25. The van der Waals surface area contributed by atoms with Crippen molar-refractivity contribution in [1.29, 1.82) is 0 Å². The van der Waals surface area contributed by atoms with E-state index in [0.29, 0.717) is 11.5 Å². The van der Waals surface area contributed by atoms with Gasteiger partial charge in [0.1, 0.15) is 0 Å². The lowest BCUT2D eigenvalue weighted by molar-refractivity contribution is -0.384. The number of halogens is 1. The van der Waals surface area contributed by atoms with Gasteiger partial charge in [-0.3, -0.25) is 19.3 Å². The molecular formula is C15H12ClN5O3. The average molecular weight is 346 g/mol. The molecule has 1 N–H and O–H groups in total. The molecule has 0 radical (unpaired) electrons. The summed E-state index contributed by atoms with van der Waals surface area (Å²) in [5.74, 6) is 0.118. The van der Waals surface area contributed by atoms with Gasteiger partial charge >= 0.3 is 0 Å². The molecule has 0 aliphatic rings. The number of pyridine rings is 1. The van der Waals surface area contributed by atoms with E-state index in [2.05, 4.69) is 15.5 Å². The molecule has 0 aliphatic heterocycles. The molecule has 3 rings (SSSR count). The first-order valence-electron chi connectivity index (χ1n) is 7.02. The molecule has 1 aromatic carbocycles. The number of nitro groups is 1. The number of amides is 1. The van der Waals surface area contributed by atoms with E-state index in [9.17, 15) is 14.9 Å². The maximum absolute atomic E-state index is 12.4. The smallest absolute Gasteiger partial charge is 0.270 e. The highest BCUT2D eigenvalue weighted by atomic mass is 35.5. The Balaban J connectivity index is 1.83. The van der Waals surface area contributed by atoms with Gasteiger partial charge in [-0.1, -0.05) is 17.7 Å². The molecule has 1 amide bonds. The first kappa shape index (κ1) is 15.9. The molecule has 0 saturated carbocycles. The van der Waals surface area contributed by atoms with Gasteiger partial charge in [0.05, 0.1) is 21.6 Å². The van der Waals surface area contributed by atoms with Crippen molar-refractivity contribution in [2.24, 2.45) is 0 Å². The molecule has 0 aliphatic carbocycles. The molecule has 0 bridgehead atoms. The van der Waals surface area contributed by atoms with E-state index >= 15 is 0 Å². The van der Waals surface area contributed by atoms with Crippen LogP contribution in [0.4, 0.5) is 5.69 Å². The summed E-state index contributed by atoms with van der Waals surface area (Å²) >= 11 is 5.97. The maximum Gasteiger partial charge on any atom is 0.270 e. The van der Waals surface area contributed by atoms with Crippen LogP contribution in [0.25, 0.3) is 5.65 Å². The molecule has 8 nitrogen and oxygen atoms in total. The molecule has 0 spiro atoms. The summed E-state index contributed by atoms with van der Waals surface area (Å²) in [5.41, 5.74) is 0.651. The Morgan fingerprint density at radius 3 is 2.83 bits per heavy atom. The molecule has 9 heteroatoms. The summed E-state index contributed by atoms with van der Waals surface area (Å²) in [4.78, 5) is 22.5. The highest BCUT2D eigenvalue weighted by Gasteiger charge is 2.19. The third-order valence-electron chi connectivity index (χ3n) is 3.48. The zero-order valence-corrected chi connectivity index (χ0v) is 13.3. The molecule has 3 aromatic rings. The number of hydrogen-bond donors (Lipinski definition) is 1. The van der Waals surface area contributed by atoms with E-state index < -0.39 is 16.9 Å². The maximum atomic E-state index is 12.4. The van der Waals surface area contributed by atoms with E-state index in [-0.39, 0.29) is 16.3 Å². The lowest BCUT2D eigenvalue weighted by Gasteiger charge is -2.13. The Morgan fingerprint density at radius 2 is 2.12 bits per heavy atom. The quantitative estimate of drug-likeness (QED) is 0.578. The summed E-state index contributed by atoms with van der Waals surface area (Å²) < 4.78 is 1.77. The summed E-state index contributed by atoms with van der Waals surface area (Å²) in [6.45, 7) is 1.76. The highest BCUT2D eigenvalue weighted by Crippen LogP contribution is 2.23. The SMILES string of the molecule is CC(NC(=O)c1ccc([N+](=O)[O-])cc1Cl)c1nnc2ccccn12. The van der Waals surface area contributed by atoms with Crippen molar-refractivity contribution in [3.63, 3.8) is 0 Å². The number of nitrogens with zero attached hydrogens (tertiary/aromatic N) is 4. The molecule has 0 saturated heterocycles. The minimum atomic E-state index is -0.571. The zero-order chi connectivity index (χ0) is 17.3. The standard InChI is InChI=1S/C15H12ClN5O3/c1-9(14-19-18-13-4-2-3-7-20(13)14)17-15(22)11-6-5-10(21(23)24)8-12(11)16/h2-9H,1H3,(H,17,22). The Hall–Kier alpha value is -3.00. The van der Waals surface area contributed by atoms with Gasteiger partial charge in [0, 0.05) is 18.3 Å². The molecule has 2 aromatic heterocycles. The lowest BCUT2D eigenvalue weighted by atomic mass is 10.1. The number of non-ortho nitro benzene ring substituents is 1. The molecule has 0 fully saturated rings. The molecule has 122 valence electrons. The fourth-order valence-electron chi connectivity index (χ4n) is 2.30. The van der Waals surface area contributed by atoms with Gasteiger partial charge in [0.15, 0.2) is 11.5 Å². The van der Waals surface area contributed by atoms with E-state index in [0.717, 1.165) is 6.07 Å². The van der Waals surface area contributed by atoms with Crippen LogP contribution in [0.2, 0.25) is 5.02 Å². The van der Waals surface area contributed by atoms with Crippen molar-refractivity contribution >= 4 is 28.8 Å². The lowest BCUT2D eigenvalue weighted by Crippen LogP contribution is -2.28. The monoisotopic (exact) mass is 345 g/mol. The van der Waals surface area contributed by atoms with Crippen LogP contribution in [0.15, 0.2) is 42.6 Å². The van der Waals surface area contributed by atoms with Crippen molar-refractivity contribution < 1.29 is 9.72 Å². The number of fused-ring (bicyclic) bond motifs is 1. The Bertz CT molecular complexity index is 940. The van der Waals surface area contributed by atoms with Crippen molar-refractivity contribution in [3.8, 4) is 0 Å². The first-order valence-corrected chi connectivity index (χ1v) is 7.39. The zero-order valence-electron chi connectivity index (χ0n) is 12.5. The van der Waals surface area contributed by atoms with Gasteiger partial charge in [-0.15, -0.1) is 10.2 Å². The summed E-state index contributed by atoms with van der Waals surface area (Å²) in [5, 5.41) is 21.6. The fourth-order valence-corrected chi connectivity index (χ4v) is 2.56. The minimum absolute atomic E-state index is 0.0139.